The lowest BCUT2D eigenvalue weighted by Gasteiger charge is -2.30. The predicted molar refractivity (Wildman–Crippen MR) is 90.3 cm³/mol. The lowest BCUT2D eigenvalue weighted by Crippen LogP contribution is -2.41. The van der Waals surface area contributed by atoms with Gasteiger partial charge in [-0.1, -0.05) is 5.16 Å². The predicted octanol–water partition coefficient (Wildman–Crippen LogP) is 1.73. The van der Waals surface area contributed by atoms with Crippen LogP contribution >= 0.6 is 0 Å². The van der Waals surface area contributed by atoms with Gasteiger partial charge in [-0.15, -0.1) is 0 Å². The summed E-state index contributed by atoms with van der Waals surface area (Å²) in [6, 6.07) is 3.51. The molecule has 0 bridgehead atoms. The molecule has 8 nitrogen and oxygen atoms in total. The summed E-state index contributed by atoms with van der Waals surface area (Å²) in [4.78, 5) is 16.4. The van der Waals surface area contributed by atoms with Crippen LogP contribution < -0.4 is 5.32 Å². The van der Waals surface area contributed by atoms with Gasteiger partial charge < -0.3 is 9.84 Å². The number of sulfonamides is 1. The van der Waals surface area contributed by atoms with Crippen LogP contribution in [0.1, 0.15) is 24.3 Å². The smallest absolute Gasteiger partial charge is 0.248 e. The highest BCUT2D eigenvalue weighted by atomic mass is 32.2. The number of carbonyl (C=O) groups excluding carboxylic acids is 1. The minimum atomic E-state index is -3.65. The summed E-state index contributed by atoms with van der Waals surface area (Å²) in [5.74, 6) is -0.0485. The summed E-state index contributed by atoms with van der Waals surface area (Å²) in [6.07, 6.45) is 4.14. The number of amides is 1. The highest BCUT2D eigenvalue weighted by molar-refractivity contribution is 7.89. The molecule has 1 fully saturated rings. The lowest BCUT2D eigenvalue weighted by atomic mass is 9.97. The van der Waals surface area contributed by atoms with Crippen molar-refractivity contribution in [1.29, 1.82) is 0 Å². The number of carbonyl (C=O) groups is 1. The van der Waals surface area contributed by atoms with Crippen LogP contribution in [-0.2, 0) is 14.8 Å². The van der Waals surface area contributed by atoms with Crippen molar-refractivity contribution in [1.82, 2.24) is 14.4 Å². The molecule has 0 saturated carbocycles. The number of nitrogens with one attached hydrogen (secondary N) is 1. The van der Waals surface area contributed by atoms with E-state index in [1.165, 1.54) is 4.31 Å². The monoisotopic (exact) mass is 364 g/mol. The summed E-state index contributed by atoms with van der Waals surface area (Å²) in [5.41, 5.74) is 0.993. The third-order valence-corrected chi connectivity index (χ3v) is 6.46. The molecular formula is C16H20N4O4S. The van der Waals surface area contributed by atoms with E-state index in [-0.39, 0.29) is 35.6 Å². The van der Waals surface area contributed by atoms with Gasteiger partial charge in [-0.25, -0.2) is 8.42 Å². The van der Waals surface area contributed by atoms with E-state index in [2.05, 4.69) is 15.5 Å². The second-order valence-corrected chi connectivity index (χ2v) is 7.94. The maximum Gasteiger partial charge on any atom is 0.248 e. The van der Waals surface area contributed by atoms with Crippen LogP contribution in [-0.4, -0.2) is 41.9 Å². The molecule has 1 saturated heterocycles. The van der Waals surface area contributed by atoms with Crippen LogP contribution in [0.4, 0.5) is 5.69 Å². The van der Waals surface area contributed by atoms with Gasteiger partial charge in [0, 0.05) is 25.2 Å². The zero-order valence-electron chi connectivity index (χ0n) is 14.1. The molecule has 0 spiro atoms. The fourth-order valence-corrected chi connectivity index (χ4v) is 4.77. The normalized spacial score (nSPS) is 16.7. The van der Waals surface area contributed by atoms with Crippen molar-refractivity contribution < 1.29 is 17.7 Å². The molecule has 3 heterocycles. The third-order valence-electron chi connectivity index (χ3n) is 4.32. The Kier molecular flexibility index (Phi) is 4.87. The number of hydrogen-bond donors (Lipinski definition) is 1. The molecule has 134 valence electrons. The molecule has 1 aliphatic rings. The van der Waals surface area contributed by atoms with Gasteiger partial charge in [0.15, 0.2) is 5.76 Å². The Balaban J connectivity index is 1.65. The Morgan fingerprint density at radius 3 is 2.60 bits per heavy atom. The number of hydrogen-bond acceptors (Lipinski definition) is 6. The Labute approximate surface area is 146 Å². The van der Waals surface area contributed by atoms with Crippen LogP contribution in [0.5, 0.6) is 0 Å². The number of rotatable bonds is 4. The van der Waals surface area contributed by atoms with Crippen molar-refractivity contribution in [3.63, 3.8) is 0 Å². The van der Waals surface area contributed by atoms with Gasteiger partial charge in [0.1, 0.15) is 10.6 Å². The minimum absolute atomic E-state index is 0.109. The van der Waals surface area contributed by atoms with Crippen LogP contribution in [0.15, 0.2) is 33.9 Å². The van der Waals surface area contributed by atoms with Crippen molar-refractivity contribution in [2.24, 2.45) is 5.92 Å². The van der Waals surface area contributed by atoms with E-state index in [9.17, 15) is 13.2 Å². The first kappa shape index (κ1) is 17.6. The molecular weight excluding hydrogens is 344 g/mol. The maximum atomic E-state index is 12.8. The van der Waals surface area contributed by atoms with Crippen molar-refractivity contribution in [3.8, 4) is 0 Å². The molecule has 1 aliphatic heterocycles. The fourth-order valence-electron chi connectivity index (χ4n) is 3.01. The van der Waals surface area contributed by atoms with Gasteiger partial charge >= 0.3 is 0 Å². The van der Waals surface area contributed by atoms with Crippen LogP contribution in [0.25, 0.3) is 0 Å². The molecule has 0 radical (unpaired) electrons. The SMILES string of the molecule is Cc1noc(C)c1S(=O)(=O)N1CCC(C(=O)Nc2cccnc2)CC1. The van der Waals surface area contributed by atoms with Gasteiger partial charge in [-0.3, -0.25) is 9.78 Å². The zero-order chi connectivity index (χ0) is 18.0. The van der Waals surface area contributed by atoms with Gasteiger partial charge in [0.2, 0.25) is 15.9 Å². The number of aromatic nitrogens is 2. The number of pyridine rings is 1. The summed E-state index contributed by atoms with van der Waals surface area (Å²) in [5, 5.41) is 6.53. The zero-order valence-corrected chi connectivity index (χ0v) is 14.9. The van der Waals surface area contributed by atoms with Gasteiger partial charge in [-0.2, -0.15) is 4.31 Å². The number of piperidine rings is 1. The number of anilines is 1. The second-order valence-electron chi connectivity index (χ2n) is 6.06. The molecule has 25 heavy (non-hydrogen) atoms. The largest absolute Gasteiger partial charge is 0.360 e. The van der Waals surface area contributed by atoms with Gasteiger partial charge in [-0.05, 0) is 38.8 Å². The minimum Gasteiger partial charge on any atom is -0.360 e. The van der Waals surface area contributed by atoms with E-state index in [4.69, 9.17) is 4.52 Å². The molecule has 0 aromatic carbocycles. The standard InChI is InChI=1S/C16H20N4O4S/c1-11-15(12(2)24-19-11)25(22,23)20-8-5-13(6-9-20)16(21)18-14-4-3-7-17-10-14/h3-4,7,10,13H,5-6,8-9H2,1-2H3,(H,18,21). The lowest BCUT2D eigenvalue weighted by molar-refractivity contribution is -0.120. The average molecular weight is 364 g/mol. The summed E-state index contributed by atoms with van der Waals surface area (Å²) >= 11 is 0. The van der Waals surface area contributed by atoms with E-state index < -0.39 is 10.0 Å². The van der Waals surface area contributed by atoms with E-state index in [0.29, 0.717) is 24.2 Å². The molecule has 0 aliphatic carbocycles. The first-order valence-corrected chi connectivity index (χ1v) is 9.47. The second kappa shape index (κ2) is 6.93. The first-order chi connectivity index (χ1) is 11.9. The highest BCUT2D eigenvalue weighted by Gasteiger charge is 2.35. The van der Waals surface area contributed by atoms with Gasteiger partial charge in [0.05, 0.1) is 11.9 Å². The summed E-state index contributed by atoms with van der Waals surface area (Å²) < 4.78 is 31.9. The molecule has 2 aromatic heterocycles. The Hall–Kier alpha value is -2.26. The Bertz CT molecular complexity index is 836. The third kappa shape index (κ3) is 3.57. The topological polar surface area (TPSA) is 105 Å². The van der Waals surface area contributed by atoms with Crippen LogP contribution in [0.2, 0.25) is 0 Å². The van der Waals surface area contributed by atoms with Gasteiger partial charge in [0.25, 0.3) is 0 Å². The molecule has 1 amide bonds. The number of aryl methyl sites for hydroxylation is 2. The molecule has 2 aromatic rings. The van der Waals surface area contributed by atoms with E-state index in [1.54, 1.807) is 38.4 Å². The van der Waals surface area contributed by atoms with Crippen molar-refractivity contribution in [2.75, 3.05) is 18.4 Å². The van der Waals surface area contributed by atoms with E-state index >= 15 is 0 Å². The van der Waals surface area contributed by atoms with Crippen molar-refractivity contribution >= 4 is 21.6 Å². The van der Waals surface area contributed by atoms with Crippen molar-refractivity contribution in [2.45, 2.75) is 31.6 Å². The average Bonchev–Trinajstić information content (AvgIpc) is 2.95. The highest BCUT2D eigenvalue weighted by Crippen LogP contribution is 2.28. The van der Waals surface area contributed by atoms with Crippen LogP contribution in [0, 0.1) is 19.8 Å². The Morgan fingerprint density at radius 2 is 2.04 bits per heavy atom. The Morgan fingerprint density at radius 1 is 1.32 bits per heavy atom. The van der Waals surface area contributed by atoms with E-state index in [1.807, 2.05) is 0 Å². The molecule has 0 unspecified atom stereocenters. The summed E-state index contributed by atoms with van der Waals surface area (Å²) in [6.45, 7) is 3.77. The van der Waals surface area contributed by atoms with Crippen molar-refractivity contribution in [3.05, 3.63) is 36.0 Å². The van der Waals surface area contributed by atoms with Crippen LogP contribution in [0.3, 0.4) is 0 Å². The fraction of sp³-hybridized carbons (Fsp3) is 0.438. The van der Waals surface area contributed by atoms with E-state index in [0.717, 1.165) is 0 Å². The molecule has 9 heteroatoms. The first-order valence-electron chi connectivity index (χ1n) is 8.03. The molecule has 3 rings (SSSR count). The maximum absolute atomic E-state index is 12.8. The molecule has 1 N–H and O–H groups in total. The molecule has 0 atom stereocenters. The summed E-state index contributed by atoms with van der Waals surface area (Å²) in [7, 11) is -3.65. The quantitative estimate of drug-likeness (QED) is 0.886. The number of nitrogens with zero attached hydrogens (tertiary/aromatic N) is 3.